The fourth-order valence-electron chi connectivity index (χ4n) is 2.46. The molecule has 1 aromatic carbocycles. The highest BCUT2D eigenvalue weighted by molar-refractivity contribution is 6.18. The van der Waals surface area contributed by atoms with Crippen LogP contribution in [0.1, 0.15) is 25.8 Å². The molecule has 1 saturated heterocycles. The van der Waals surface area contributed by atoms with E-state index in [4.69, 9.17) is 19.3 Å². The lowest BCUT2D eigenvalue weighted by Gasteiger charge is -2.33. The smallest absolute Gasteiger partial charge is 0.408 e. The predicted octanol–water partition coefficient (Wildman–Crippen LogP) is 0.777. The first kappa shape index (κ1) is 20.9. The Kier molecular flexibility index (Phi) is 6.34. The molecule has 0 bridgehead atoms. The summed E-state index contributed by atoms with van der Waals surface area (Å²) in [7, 11) is 0. The molecule has 10 nitrogen and oxygen atoms in total. The Hall–Kier alpha value is -3.43. The molecule has 28 heavy (non-hydrogen) atoms. The molecule has 1 aromatic rings. The first-order chi connectivity index (χ1) is 13.1. The molecule has 1 heterocycles. The third-order valence-electron chi connectivity index (χ3n) is 3.68. The van der Waals surface area contributed by atoms with E-state index in [9.17, 15) is 24.0 Å². The number of nitrogens with one attached hydrogen (secondary N) is 1. The quantitative estimate of drug-likeness (QED) is 0.507. The standard InChI is InChI=1S/C18H19NO9/c1-18(2)27-15(23)13(16(24)28-18)14(22)11(8-12(20)21)19-17(25)26-9-10-6-4-3-5-7-10/h3-7,11,13H,8-9H2,1-2H3,(H,19,25)(H,20,21). The number of ether oxygens (including phenoxy) is 3. The molecule has 0 radical (unpaired) electrons. The lowest BCUT2D eigenvalue weighted by atomic mass is 9.95. The molecule has 1 fully saturated rings. The summed E-state index contributed by atoms with van der Waals surface area (Å²) in [6.45, 7) is 2.48. The monoisotopic (exact) mass is 393 g/mol. The second-order valence-electron chi connectivity index (χ2n) is 6.43. The maximum atomic E-state index is 12.5. The number of ketones is 1. The van der Waals surface area contributed by atoms with Gasteiger partial charge in [0.25, 0.3) is 5.79 Å². The van der Waals surface area contributed by atoms with Crippen LogP contribution < -0.4 is 5.32 Å². The molecule has 1 unspecified atom stereocenters. The number of benzene rings is 1. The summed E-state index contributed by atoms with van der Waals surface area (Å²) in [6, 6.07) is 6.94. The van der Waals surface area contributed by atoms with Crippen LogP contribution in [0.2, 0.25) is 0 Å². The molecule has 0 aliphatic carbocycles. The molecular weight excluding hydrogens is 374 g/mol. The summed E-state index contributed by atoms with van der Waals surface area (Å²) < 4.78 is 14.6. The van der Waals surface area contributed by atoms with Gasteiger partial charge in [0.2, 0.25) is 5.92 Å². The minimum absolute atomic E-state index is 0.123. The maximum absolute atomic E-state index is 12.5. The SMILES string of the molecule is CC1(C)OC(=O)C(C(=O)C(CC(=O)O)NC(=O)OCc2ccccc2)C(=O)O1. The van der Waals surface area contributed by atoms with Crippen molar-refractivity contribution in [1.29, 1.82) is 0 Å². The van der Waals surface area contributed by atoms with Crippen molar-refractivity contribution in [3.8, 4) is 0 Å². The fourth-order valence-corrected chi connectivity index (χ4v) is 2.46. The molecule has 1 atom stereocenters. The molecule has 2 rings (SSSR count). The summed E-state index contributed by atoms with van der Waals surface area (Å²) in [5, 5.41) is 11.1. The Bertz CT molecular complexity index is 768. The topological polar surface area (TPSA) is 145 Å². The number of carbonyl (C=O) groups excluding carboxylic acids is 4. The second kappa shape index (κ2) is 8.51. The van der Waals surface area contributed by atoms with Crippen molar-refractivity contribution < 1.29 is 43.3 Å². The van der Waals surface area contributed by atoms with Crippen LogP contribution in [0.15, 0.2) is 30.3 Å². The van der Waals surface area contributed by atoms with Crippen molar-refractivity contribution in [2.45, 2.75) is 38.7 Å². The number of carboxylic acids is 1. The van der Waals surface area contributed by atoms with Gasteiger partial charge in [0.15, 0.2) is 5.78 Å². The number of hydrogen-bond acceptors (Lipinski definition) is 8. The summed E-state index contributed by atoms with van der Waals surface area (Å²) in [5.41, 5.74) is 0.667. The van der Waals surface area contributed by atoms with Crippen molar-refractivity contribution in [3.05, 3.63) is 35.9 Å². The van der Waals surface area contributed by atoms with Gasteiger partial charge in [-0.1, -0.05) is 30.3 Å². The van der Waals surface area contributed by atoms with Gasteiger partial charge in [0.05, 0.1) is 6.42 Å². The van der Waals surface area contributed by atoms with E-state index in [0.717, 1.165) is 0 Å². The number of aliphatic carboxylic acids is 1. The molecule has 10 heteroatoms. The number of rotatable bonds is 7. The van der Waals surface area contributed by atoms with Crippen LogP contribution >= 0.6 is 0 Å². The first-order valence-corrected chi connectivity index (χ1v) is 8.27. The highest BCUT2D eigenvalue weighted by Crippen LogP contribution is 2.24. The number of Topliss-reactive ketones (excluding diaryl/α,β-unsaturated/α-hetero) is 1. The van der Waals surface area contributed by atoms with Crippen LogP contribution in [0, 0.1) is 5.92 Å². The number of cyclic esters (lactones) is 2. The maximum Gasteiger partial charge on any atom is 0.408 e. The van der Waals surface area contributed by atoms with Crippen LogP contribution in [0.5, 0.6) is 0 Å². The molecule has 2 N–H and O–H groups in total. The largest absolute Gasteiger partial charge is 0.481 e. The molecule has 1 amide bonds. The van der Waals surface area contributed by atoms with Crippen LogP contribution in [0.25, 0.3) is 0 Å². The van der Waals surface area contributed by atoms with Gasteiger partial charge in [0, 0.05) is 13.8 Å². The number of carbonyl (C=O) groups is 5. The average molecular weight is 393 g/mol. The van der Waals surface area contributed by atoms with E-state index >= 15 is 0 Å². The predicted molar refractivity (Wildman–Crippen MR) is 90.6 cm³/mol. The number of esters is 2. The van der Waals surface area contributed by atoms with Gasteiger partial charge >= 0.3 is 24.0 Å². The average Bonchev–Trinajstić information content (AvgIpc) is 2.58. The van der Waals surface area contributed by atoms with Crippen molar-refractivity contribution in [1.82, 2.24) is 5.32 Å². The second-order valence-corrected chi connectivity index (χ2v) is 6.43. The zero-order valence-corrected chi connectivity index (χ0v) is 15.2. The van der Waals surface area contributed by atoms with Gasteiger partial charge in [0.1, 0.15) is 12.6 Å². The van der Waals surface area contributed by atoms with E-state index < -0.39 is 54.0 Å². The number of alkyl carbamates (subject to hydrolysis) is 1. The highest BCUT2D eigenvalue weighted by atomic mass is 16.7. The lowest BCUT2D eigenvalue weighted by molar-refractivity contribution is -0.238. The van der Waals surface area contributed by atoms with Crippen molar-refractivity contribution in [3.63, 3.8) is 0 Å². The van der Waals surface area contributed by atoms with Crippen LogP contribution in [-0.2, 0) is 40.0 Å². The van der Waals surface area contributed by atoms with E-state index in [1.807, 2.05) is 0 Å². The Morgan fingerprint density at radius 1 is 1.14 bits per heavy atom. The molecule has 0 aromatic heterocycles. The van der Waals surface area contributed by atoms with Gasteiger partial charge < -0.3 is 24.6 Å². The van der Waals surface area contributed by atoms with Crippen molar-refractivity contribution in [2.75, 3.05) is 0 Å². The molecular formula is C18H19NO9. The molecule has 1 aliphatic heterocycles. The Balaban J connectivity index is 2.06. The van der Waals surface area contributed by atoms with E-state index in [2.05, 4.69) is 5.32 Å². The molecule has 150 valence electrons. The highest BCUT2D eigenvalue weighted by Gasteiger charge is 2.49. The van der Waals surface area contributed by atoms with E-state index in [1.165, 1.54) is 13.8 Å². The number of carboxylic acid groups (broad SMARTS) is 1. The first-order valence-electron chi connectivity index (χ1n) is 8.27. The van der Waals surface area contributed by atoms with Gasteiger partial charge in [-0.25, -0.2) is 4.79 Å². The Morgan fingerprint density at radius 3 is 2.25 bits per heavy atom. The van der Waals surface area contributed by atoms with Crippen molar-refractivity contribution >= 4 is 29.8 Å². The summed E-state index contributed by atoms with van der Waals surface area (Å²) in [4.78, 5) is 59.6. The normalized spacial score (nSPS) is 17.1. The molecule has 1 aliphatic rings. The Labute approximate surface area is 159 Å². The lowest BCUT2D eigenvalue weighted by Crippen LogP contribution is -2.54. The van der Waals surface area contributed by atoms with Crippen LogP contribution in [0.3, 0.4) is 0 Å². The third-order valence-corrected chi connectivity index (χ3v) is 3.68. The zero-order chi connectivity index (χ0) is 20.9. The van der Waals surface area contributed by atoms with Gasteiger partial charge in [-0.3, -0.25) is 19.2 Å². The van der Waals surface area contributed by atoms with E-state index in [0.29, 0.717) is 5.56 Å². The minimum atomic E-state index is -1.99. The molecule has 0 spiro atoms. The van der Waals surface area contributed by atoms with Crippen LogP contribution in [0.4, 0.5) is 4.79 Å². The van der Waals surface area contributed by atoms with Gasteiger partial charge in [-0.05, 0) is 5.56 Å². The van der Waals surface area contributed by atoms with E-state index in [1.54, 1.807) is 30.3 Å². The van der Waals surface area contributed by atoms with Gasteiger partial charge in [-0.15, -0.1) is 0 Å². The minimum Gasteiger partial charge on any atom is -0.481 e. The molecule has 0 saturated carbocycles. The van der Waals surface area contributed by atoms with E-state index in [-0.39, 0.29) is 6.61 Å². The third kappa shape index (κ3) is 5.53. The number of amides is 1. The van der Waals surface area contributed by atoms with Crippen molar-refractivity contribution in [2.24, 2.45) is 5.92 Å². The van der Waals surface area contributed by atoms with Gasteiger partial charge in [-0.2, -0.15) is 0 Å². The Morgan fingerprint density at radius 2 is 1.71 bits per heavy atom. The summed E-state index contributed by atoms with van der Waals surface area (Å²) in [6.07, 6.45) is -1.94. The summed E-state index contributed by atoms with van der Waals surface area (Å²) in [5.74, 6) is -8.49. The summed E-state index contributed by atoms with van der Waals surface area (Å²) >= 11 is 0. The fraction of sp³-hybridized carbons (Fsp3) is 0.389. The number of hydrogen-bond donors (Lipinski definition) is 2. The zero-order valence-electron chi connectivity index (χ0n) is 15.2. The van der Waals surface area contributed by atoms with Crippen LogP contribution in [-0.4, -0.2) is 46.7 Å².